The number of aryl methyl sites for hydroxylation is 2. The largest absolute Gasteiger partial charge is 0.383 e. The van der Waals surface area contributed by atoms with Crippen molar-refractivity contribution in [3.63, 3.8) is 0 Å². The molecule has 18 heavy (non-hydrogen) atoms. The van der Waals surface area contributed by atoms with Crippen molar-refractivity contribution in [2.45, 2.75) is 6.92 Å². The van der Waals surface area contributed by atoms with E-state index in [1.807, 2.05) is 35.1 Å². The Bertz CT molecular complexity index is 740. The maximum atomic E-state index is 6.21. The molecule has 0 aliphatic heterocycles. The van der Waals surface area contributed by atoms with E-state index in [0.29, 0.717) is 5.82 Å². The molecule has 3 heterocycles. The van der Waals surface area contributed by atoms with E-state index in [-0.39, 0.29) is 0 Å². The standard InChI is InChI=1S/C12H12BrN5/c1-7-8(13)3-4-10-16-11(12(14)18(7)10)9-5-15-6-17(9)2/h3-6H,14H2,1-2H3. The summed E-state index contributed by atoms with van der Waals surface area (Å²) in [4.78, 5) is 8.67. The van der Waals surface area contributed by atoms with Crippen LogP contribution in [-0.2, 0) is 7.05 Å². The fourth-order valence-corrected chi connectivity index (χ4v) is 2.37. The number of imidazole rings is 2. The van der Waals surface area contributed by atoms with Gasteiger partial charge in [0.05, 0.1) is 18.2 Å². The first kappa shape index (κ1) is 11.3. The van der Waals surface area contributed by atoms with Crippen LogP contribution in [0.4, 0.5) is 5.82 Å². The van der Waals surface area contributed by atoms with Gasteiger partial charge in [-0.3, -0.25) is 4.40 Å². The van der Waals surface area contributed by atoms with Gasteiger partial charge < -0.3 is 10.3 Å². The number of pyridine rings is 1. The molecule has 0 aliphatic carbocycles. The highest BCUT2D eigenvalue weighted by molar-refractivity contribution is 9.10. The van der Waals surface area contributed by atoms with Crippen molar-refractivity contribution in [1.82, 2.24) is 18.9 Å². The topological polar surface area (TPSA) is 61.1 Å². The summed E-state index contributed by atoms with van der Waals surface area (Å²) in [6.07, 6.45) is 3.50. The average Bonchev–Trinajstić information content (AvgIpc) is 2.89. The van der Waals surface area contributed by atoms with Gasteiger partial charge in [0, 0.05) is 17.2 Å². The van der Waals surface area contributed by atoms with Gasteiger partial charge in [-0.2, -0.15) is 0 Å². The minimum atomic E-state index is 0.632. The molecular formula is C12H12BrN5. The molecule has 0 aromatic carbocycles. The number of nitrogens with two attached hydrogens (primary N) is 1. The van der Waals surface area contributed by atoms with Crippen LogP contribution in [0.5, 0.6) is 0 Å². The first-order valence-electron chi connectivity index (χ1n) is 5.49. The Labute approximate surface area is 112 Å². The van der Waals surface area contributed by atoms with Crippen LogP contribution in [0.3, 0.4) is 0 Å². The van der Waals surface area contributed by atoms with Crippen LogP contribution < -0.4 is 5.73 Å². The maximum absolute atomic E-state index is 6.21. The van der Waals surface area contributed by atoms with Crippen LogP contribution in [-0.4, -0.2) is 18.9 Å². The second-order valence-electron chi connectivity index (χ2n) is 4.20. The van der Waals surface area contributed by atoms with E-state index in [1.54, 1.807) is 12.5 Å². The smallest absolute Gasteiger partial charge is 0.139 e. The highest BCUT2D eigenvalue weighted by Gasteiger charge is 2.15. The van der Waals surface area contributed by atoms with Crippen LogP contribution in [0, 0.1) is 6.92 Å². The third kappa shape index (κ3) is 1.45. The minimum Gasteiger partial charge on any atom is -0.383 e. The van der Waals surface area contributed by atoms with E-state index in [2.05, 4.69) is 25.9 Å². The highest BCUT2D eigenvalue weighted by atomic mass is 79.9. The van der Waals surface area contributed by atoms with Gasteiger partial charge in [0.25, 0.3) is 0 Å². The lowest BCUT2D eigenvalue weighted by Gasteiger charge is -2.04. The van der Waals surface area contributed by atoms with Crippen molar-refractivity contribution in [2.24, 2.45) is 7.05 Å². The fraction of sp³-hybridized carbons (Fsp3) is 0.167. The molecule has 5 nitrogen and oxygen atoms in total. The molecule has 0 atom stereocenters. The zero-order valence-electron chi connectivity index (χ0n) is 10.1. The highest BCUT2D eigenvalue weighted by Crippen LogP contribution is 2.29. The summed E-state index contributed by atoms with van der Waals surface area (Å²) in [7, 11) is 1.93. The Morgan fingerprint density at radius 2 is 2.11 bits per heavy atom. The number of rotatable bonds is 1. The van der Waals surface area contributed by atoms with Crippen LogP contribution >= 0.6 is 15.9 Å². The summed E-state index contributed by atoms with van der Waals surface area (Å²) in [5.74, 6) is 0.632. The van der Waals surface area contributed by atoms with Crippen molar-refractivity contribution in [1.29, 1.82) is 0 Å². The number of hydrogen-bond donors (Lipinski definition) is 1. The van der Waals surface area contributed by atoms with Gasteiger partial charge in [0.2, 0.25) is 0 Å². The molecule has 0 radical (unpaired) electrons. The summed E-state index contributed by atoms with van der Waals surface area (Å²) in [5, 5.41) is 0. The maximum Gasteiger partial charge on any atom is 0.139 e. The summed E-state index contributed by atoms with van der Waals surface area (Å²) >= 11 is 3.50. The Morgan fingerprint density at radius 3 is 2.78 bits per heavy atom. The predicted octanol–water partition coefficient (Wildman–Crippen LogP) is 2.39. The number of aromatic nitrogens is 4. The van der Waals surface area contributed by atoms with E-state index in [1.165, 1.54) is 0 Å². The van der Waals surface area contributed by atoms with Gasteiger partial charge in [-0.1, -0.05) is 0 Å². The van der Waals surface area contributed by atoms with Crippen LogP contribution in [0.2, 0.25) is 0 Å². The lowest BCUT2D eigenvalue weighted by Crippen LogP contribution is -1.99. The summed E-state index contributed by atoms with van der Waals surface area (Å²) in [6, 6.07) is 3.91. The number of anilines is 1. The molecule has 0 unspecified atom stereocenters. The normalized spacial score (nSPS) is 11.3. The Balaban J connectivity index is 2.37. The molecule has 3 aromatic rings. The summed E-state index contributed by atoms with van der Waals surface area (Å²) < 4.78 is 4.85. The number of nitrogens with zero attached hydrogens (tertiary/aromatic N) is 4. The second kappa shape index (κ2) is 3.84. The van der Waals surface area contributed by atoms with E-state index in [9.17, 15) is 0 Å². The van der Waals surface area contributed by atoms with Crippen molar-refractivity contribution < 1.29 is 0 Å². The van der Waals surface area contributed by atoms with Crippen molar-refractivity contribution in [3.05, 3.63) is 34.8 Å². The second-order valence-corrected chi connectivity index (χ2v) is 5.05. The first-order chi connectivity index (χ1) is 8.59. The van der Waals surface area contributed by atoms with Crippen LogP contribution in [0.1, 0.15) is 5.69 Å². The zero-order valence-corrected chi connectivity index (χ0v) is 11.6. The number of fused-ring (bicyclic) bond motifs is 1. The third-order valence-electron chi connectivity index (χ3n) is 3.06. The quantitative estimate of drug-likeness (QED) is 0.751. The van der Waals surface area contributed by atoms with Gasteiger partial charge in [-0.25, -0.2) is 9.97 Å². The van der Waals surface area contributed by atoms with Crippen LogP contribution in [0.15, 0.2) is 29.1 Å². The molecule has 3 aromatic heterocycles. The lowest BCUT2D eigenvalue weighted by atomic mass is 10.3. The molecular weight excluding hydrogens is 294 g/mol. The Kier molecular flexibility index (Phi) is 2.41. The Morgan fingerprint density at radius 1 is 1.33 bits per heavy atom. The number of halogens is 1. The van der Waals surface area contributed by atoms with E-state index in [0.717, 1.165) is 27.2 Å². The SMILES string of the molecule is Cc1c(Br)ccc2nc(-c3cncn3C)c(N)n12. The monoisotopic (exact) mass is 305 g/mol. The van der Waals surface area contributed by atoms with Gasteiger partial charge in [-0.15, -0.1) is 0 Å². The molecule has 92 valence electrons. The molecule has 0 spiro atoms. The van der Waals surface area contributed by atoms with Gasteiger partial charge in [-0.05, 0) is 35.0 Å². The van der Waals surface area contributed by atoms with Crippen molar-refractivity contribution >= 4 is 27.4 Å². The molecule has 0 saturated carbocycles. The molecule has 6 heteroatoms. The predicted molar refractivity (Wildman–Crippen MR) is 74.2 cm³/mol. The molecule has 2 N–H and O–H groups in total. The summed E-state index contributed by atoms with van der Waals surface area (Å²) in [6.45, 7) is 2.00. The van der Waals surface area contributed by atoms with E-state index in [4.69, 9.17) is 5.73 Å². The molecule has 0 bridgehead atoms. The van der Waals surface area contributed by atoms with Crippen molar-refractivity contribution in [3.8, 4) is 11.4 Å². The molecule has 3 rings (SSSR count). The number of nitrogen functional groups attached to an aromatic ring is 1. The fourth-order valence-electron chi connectivity index (χ4n) is 2.06. The third-order valence-corrected chi connectivity index (χ3v) is 3.90. The molecule has 0 aliphatic rings. The zero-order chi connectivity index (χ0) is 12.9. The van der Waals surface area contributed by atoms with E-state index >= 15 is 0 Å². The average molecular weight is 306 g/mol. The van der Waals surface area contributed by atoms with Gasteiger partial charge in [0.15, 0.2) is 0 Å². The lowest BCUT2D eigenvalue weighted by molar-refractivity contribution is 0.918. The minimum absolute atomic E-state index is 0.632. The van der Waals surface area contributed by atoms with Crippen LogP contribution in [0.25, 0.3) is 17.0 Å². The Hall–Kier alpha value is -1.82. The number of hydrogen-bond acceptors (Lipinski definition) is 3. The summed E-state index contributed by atoms with van der Waals surface area (Å²) in [5.41, 5.74) is 9.75. The van der Waals surface area contributed by atoms with Crippen molar-refractivity contribution in [2.75, 3.05) is 5.73 Å². The molecule has 0 saturated heterocycles. The molecule has 0 fully saturated rings. The van der Waals surface area contributed by atoms with Gasteiger partial charge in [0.1, 0.15) is 17.2 Å². The van der Waals surface area contributed by atoms with E-state index < -0.39 is 0 Å². The first-order valence-corrected chi connectivity index (χ1v) is 6.28. The molecule has 0 amide bonds. The van der Waals surface area contributed by atoms with Gasteiger partial charge >= 0.3 is 0 Å².